The van der Waals surface area contributed by atoms with Gasteiger partial charge in [-0.2, -0.15) is 18.4 Å². The fraction of sp³-hybridized carbons (Fsp3) is 0.368. The smallest absolute Gasteiger partial charge is 0.491 e. The molecule has 0 bridgehead atoms. The van der Waals surface area contributed by atoms with Crippen molar-refractivity contribution in [2.75, 3.05) is 7.11 Å². The van der Waals surface area contributed by atoms with Gasteiger partial charge in [0.25, 0.3) is 0 Å². The van der Waals surface area contributed by atoms with Crippen LogP contribution in [0.4, 0.5) is 13.2 Å². The minimum absolute atomic E-state index is 0.0753. The summed E-state index contributed by atoms with van der Waals surface area (Å²) in [7, 11) is 1.23. The molecule has 0 amide bonds. The molecule has 1 aromatic heterocycles. The van der Waals surface area contributed by atoms with Gasteiger partial charge < -0.3 is 14.0 Å². The molecule has 1 aromatic carbocycles. The lowest BCUT2D eigenvalue weighted by atomic mass is 10.1. The van der Waals surface area contributed by atoms with Crippen molar-refractivity contribution in [2.24, 2.45) is 0 Å². The van der Waals surface area contributed by atoms with Crippen LogP contribution in [-0.2, 0) is 17.8 Å². The molecular formula is C19H17F3N4O3. The summed E-state index contributed by atoms with van der Waals surface area (Å²) in [6, 6.07) is 6.05. The number of carbonyl (C=O) groups is 1. The Morgan fingerprint density at radius 3 is 2.72 bits per heavy atom. The Balaban J connectivity index is 1.92. The zero-order valence-electron chi connectivity index (χ0n) is 15.5. The highest BCUT2D eigenvalue weighted by atomic mass is 19.4. The van der Waals surface area contributed by atoms with Crippen LogP contribution >= 0.6 is 0 Å². The number of nitriles is 1. The van der Waals surface area contributed by atoms with Crippen molar-refractivity contribution < 1.29 is 27.4 Å². The number of nitrogens with zero attached hydrogens (tertiary/aromatic N) is 4. The van der Waals surface area contributed by atoms with Gasteiger partial charge in [0.2, 0.25) is 0 Å². The maximum atomic E-state index is 12.4. The maximum Gasteiger partial charge on any atom is 0.491 e. The van der Waals surface area contributed by atoms with Crippen molar-refractivity contribution in [3.8, 4) is 17.6 Å². The van der Waals surface area contributed by atoms with Crippen LogP contribution in [0.15, 0.2) is 18.2 Å². The van der Waals surface area contributed by atoms with E-state index >= 15 is 0 Å². The maximum absolute atomic E-state index is 12.4. The van der Waals surface area contributed by atoms with Gasteiger partial charge in [-0.25, -0.2) is 4.79 Å². The predicted molar refractivity (Wildman–Crippen MR) is 95.7 cm³/mol. The first-order chi connectivity index (χ1) is 13.8. The average Bonchev–Trinajstić information content (AvgIpc) is 2.93. The minimum Gasteiger partial charge on any atom is -0.493 e. The molecule has 0 atom stereocenters. The number of allylic oxidation sites excluding steroid dienone is 1. The van der Waals surface area contributed by atoms with Crippen LogP contribution in [0.3, 0.4) is 0 Å². The Bertz CT molecular complexity index is 990. The average molecular weight is 406 g/mol. The van der Waals surface area contributed by atoms with E-state index in [-0.39, 0.29) is 17.1 Å². The van der Waals surface area contributed by atoms with E-state index in [4.69, 9.17) is 4.74 Å². The number of fused-ring (bicyclic) bond motifs is 1. The lowest BCUT2D eigenvalue weighted by molar-refractivity contribution is -0.189. The third-order valence-electron chi connectivity index (χ3n) is 4.40. The Kier molecular flexibility index (Phi) is 5.87. The van der Waals surface area contributed by atoms with Crippen LogP contribution in [0.1, 0.15) is 36.5 Å². The van der Waals surface area contributed by atoms with Gasteiger partial charge in [0.1, 0.15) is 11.9 Å². The van der Waals surface area contributed by atoms with Crippen molar-refractivity contribution in [3.05, 3.63) is 35.4 Å². The number of halogens is 3. The van der Waals surface area contributed by atoms with Gasteiger partial charge in [0.15, 0.2) is 17.3 Å². The van der Waals surface area contributed by atoms with Crippen LogP contribution in [0.5, 0.6) is 11.5 Å². The van der Waals surface area contributed by atoms with Gasteiger partial charge in [0, 0.05) is 13.0 Å². The minimum atomic E-state index is -5.12. The number of aromatic nitrogens is 3. The molecule has 0 aliphatic carbocycles. The van der Waals surface area contributed by atoms with Gasteiger partial charge in [-0.3, -0.25) is 0 Å². The number of hydrogen-bond donors (Lipinski definition) is 0. The monoisotopic (exact) mass is 406 g/mol. The Morgan fingerprint density at radius 1 is 1.24 bits per heavy atom. The van der Waals surface area contributed by atoms with Gasteiger partial charge in [-0.05, 0) is 36.6 Å². The number of methoxy groups -OCH3 is 1. The quantitative estimate of drug-likeness (QED) is 0.438. The first-order valence-corrected chi connectivity index (χ1v) is 8.84. The third-order valence-corrected chi connectivity index (χ3v) is 4.40. The third kappa shape index (κ3) is 4.56. The van der Waals surface area contributed by atoms with Gasteiger partial charge in [-0.1, -0.05) is 12.5 Å². The lowest BCUT2D eigenvalue weighted by Gasteiger charge is -2.11. The molecule has 0 radical (unpaired) electrons. The number of carbonyl (C=O) groups excluding carboxylic acids is 1. The van der Waals surface area contributed by atoms with E-state index in [9.17, 15) is 23.2 Å². The summed E-state index contributed by atoms with van der Waals surface area (Å²) in [6.45, 7) is 0.715. The summed E-state index contributed by atoms with van der Waals surface area (Å²) in [6.07, 6.45) is 0.245. The molecule has 10 heteroatoms. The molecule has 0 spiro atoms. The topological polar surface area (TPSA) is 90.0 Å². The molecule has 7 nitrogen and oxygen atoms in total. The summed E-state index contributed by atoms with van der Waals surface area (Å²) in [5, 5.41) is 17.9. The Labute approximate surface area is 164 Å². The fourth-order valence-electron chi connectivity index (χ4n) is 3.01. The SMILES string of the molecule is COc1cc(/C=C(\C#N)c2nnc3n2CCCCC3)ccc1OC(=O)C(F)(F)F. The normalized spacial score (nSPS) is 14.5. The van der Waals surface area contributed by atoms with Crippen molar-refractivity contribution in [3.63, 3.8) is 0 Å². The molecule has 29 heavy (non-hydrogen) atoms. The highest BCUT2D eigenvalue weighted by molar-refractivity contribution is 5.87. The fourth-order valence-corrected chi connectivity index (χ4v) is 3.01. The largest absolute Gasteiger partial charge is 0.493 e. The van der Waals surface area contributed by atoms with Crippen LogP contribution in [0, 0.1) is 11.3 Å². The molecule has 152 valence electrons. The first kappa shape index (κ1) is 20.4. The molecule has 3 rings (SSSR count). The van der Waals surface area contributed by atoms with Crippen LogP contribution < -0.4 is 9.47 Å². The molecule has 0 saturated heterocycles. The second-order valence-corrected chi connectivity index (χ2v) is 6.37. The van der Waals surface area contributed by atoms with Gasteiger partial charge in [0.05, 0.1) is 12.7 Å². The van der Waals surface area contributed by atoms with E-state index in [1.807, 2.05) is 4.57 Å². The Hall–Kier alpha value is -3.35. The highest BCUT2D eigenvalue weighted by Gasteiger charge is 2.41. The summed E-state index contributed by atoms with van der Waals surface area (Å²) in [5.74, 6) is -1.53. The molecule has 2 heterocycles. The number of alkyl halides is 3. The molecule has 0 N–H and O–H groups in total. The molecular weight excluding hydrogens is 389 g/mol. The van der Waals surface area contributed by atoms with Crippen molar-refractivity contribution >= 4 is 17.6 Å². The standard InChI is InChI=1S/C19H17F3N4O3/c1-28-15-10-12(6-7-14(15)29-18(27)19(20,21)22)9-13(11-23)17-25-24-16-5-3-2-4-8-26(16)17/h6-7,9-10H,2-5,8H2,1H3/b13-9+. The van der Waals surface area contributed by atoms with E-state index in [0.29, 0.717) is 17.9 Å². The predicted octanol–water partition coefficient (Wildman–Crippen LogP) is 3.54. The van der Waals surface area contributed by atoms with Crippen LogP contribution in [0.2, 0.25) is 0 Å². The molecule has 1 aliphatic heterocycles. The van der Waals surface area contributed by atoms with E-state index in [1.54, 1.807) is 0 Å². The number of benzene rings is 1. The van der Waals surface area contributed by atoms with Crippen LogP contribution in [0.25, 0.3) is 11.6 Å². The lowest BCUT2D eigenvalue weighted by Crippen LogP contribution is -2.28. The summed E-state index contributed by atoms with van der Waals surface area (Å²) in [4.78, 5) is 11.1. The second-order valence-electron chi connectivity index (χ2n) is 6.37. The van der Waals surface area contributed by atoms with Gasteiger partial charge >= 0.3 is 12.1 Å². The van der Waals surface area contributed by atoms with E-state index in [2.05, 4.69) is 21.0 Å². The van der Waals surface area contributed by atoms with E-state index in [0.717, 1.165) is 31.5 Å². The molecule has 0 unspecified atom stereocenters. The molecule has 2 aromatic rings. The van der Waals surface area contributed by atoms with Gasteiger partial charge in [-0.15, -0.1) is 10.2 Å². The van der Waals surface area contributed by atoms with Crippen molar-refractivity contribution in [1.29, 1.82) is 5.26 Å². The number of rotatable bonds is 4. The number of esters is 1. The first-order valence-electron chi connectivity index (χ1n) is 8.84. The molecule has 0 saturated carbocycles. The molecule has 0 fully saturated rings. The summed E-state index contributed by atoms with van der Waals surface area (Å²) >= 11 is 0. The van der Waals surface area contributed by atoms with E-state index < -0.39 is 12.1 Å². The zero-order valence-corrected chi connectivity index (χ0v) is 15.5. The zero-order chi connectivity index (χ0) is 21.0. The van der Waals surface area contributed by atoms with Crippen LogP contribution in [-0.4, -0.2) is 34.0 Å². The van der Waals surface area contributed by atoms with Crippen molar-refractivity contribution in [2.45, 2.75) is 38.4 Å². The number of aryl methyl sites for hydroxylation is 1. The highest BCUT2D eigenvalue weighted by Crippen LogP contribution is 2.32. The summed E-state index contributed by atoms with van der Waals surface area (Å²) < 4.78 is 48.5. The van der Waals surface area contributed by atoms with E-state index in [1.165, 1.54) is 31.4 Å². The number of ether oxygens (including phenoxy) is 2. The summed E-state index contributed by atoms with van der Waals surface area (Å²) in [5.41, 5.74) is 0.726. The molecule has 1 aliphatic rings. The Morgan fingerprint density at radius 2 is 2.03 bits per heavy atom. The van der Waals surface area contributed by atoms with Crippen molar-refractivity contribution in [1.82, 2.24) is 14.8 Å². The second kappa shape index (κ2) is 8.34. The number of hydrogen-bond acceptors (Lipinski definition) is 6.